The smallest absolute Gasteiger partial charge is 0.0534 e. The average Bonchev–Trinajstić information content (AvgIpc) is 3.76. The third kappa shape index (κ3) is 4.10. The Morgan fingerprint density at radius 2 is 0.780 bits per heavy atom. The van der Waals surface area contributed by atoms with Gasteiger partial charge in [0.25, 0.3) is 0 Å². The molecule has 0 aliphatic carbocycles. The van der Waals surface area contributed by atoms with Crippen molar-refractivity contribution in [2.45, 2.75) is 0 Å². The molecular formula is C48H28S2. The normalized spacial score (nSPS) is 12.0. The average molecular weight is 669 g/mol. The Balaban J connectivity index is 1.05. The van der Waals surface area contributed by atoms with Crippen LogP contribution in [0.25, 0.3) is 106 Å². The van der Waals surface area contributed by atoms with Crippen molar-refractivity contribution in [3.8, 4) is 33.4 Å². The Labute approximate surface area is 297 Å². The number of fused-ring (bicyclic) bond motifs is 11. The highest BCUT2D eigenvalue weighted by molar-refractivity contribution is 7.33. The lowest BCUT2D eigenvalue weighted by Crippen LogP contribution is -1.90. The van der Waals surface area contributed by atoms with Gasteiger partial charge in [-0.3, -0.25) is 0 Å². The number of benzene rings is 9. The highest BCUT2D eigenvalue weighted by Gasteiger charge is 2.18. The summed E-state index contributed by atoms with van der Waals surface area (Å²) >= 11 is 3.86. The van der Waals surface area contributed by atoms with Crippen molar-refractivity contribution in [2.24, 2.45) is 0 Å². The molecule has 0 saturated heterocycles. The molecule has 0 bridgehead atoms. The zero-order valence-corrected chi connectivity index (χ0v) is 28.6. The van der Waals surface area contributed by atoms with Gasteiger partial charge in [0.15, 0.2) is 0 Å². The monoisotopic (exact) mass is 668 g/mol. The van der Waals surface area contributed by atoms with Crippen LogP contribution in [0, 0.1) is 0 Å². The number of rotatable bonds is 3. The van der Waals surface area contributed by atoms with Crippen LogP contribution in [0.1, 0.15) is 0 Å². The SMILES string of the molecule is c1ccc(-c2c3ccccc3c(-c3ccc(-c4ccc5sc6c(ccc7c6sc6ccc8ccccc8c67)c5c4)cc3)c3ccccc23)cc1. The van der Waals surface area contributed by atoms with Crippen molar-refractivity contribution >= 4 is 95.3 Å². The standard InChI is InChI=1S/C48H28S2/c1-2-11-31(12-3-1)44-35-14-6-8-16-37(35)45(38-17-9-7-15-36(38)44)32-20-18-29(19-21-32)33-23-26-42-41(28-33)39-24-25-40-46-34-13-5-4-10-30(34)22-27-43(46)50-48(40)47(39)49-42/h1-28H. The van der Waals surface area contributed by atoms with Gasteiger partial charge in [-0.1, -0.05) is 152 Å². The maximum atomic E-state index is 2.40. The Morgan fingerprint density at radius 1 is 0.280 bits per heavy atom. The predicted octanol–water partition coefficient (Wildman–Crippen LogP) is 14.9. The molecule has 0 atom stereocenters. The minimum atomic E-state index is 1.24. The summed E-state index contributed by atoms with van der Waals surface area (Å²) in [5.74, 6) is 0. The van der Waals surface area contributed by atoms with E-state index in [9.17, 15) is 0 Å². The zero-order chi connectivity index (χ0) is 32.8. The molecule has 0 nitrogen and oxygen atoms in total. The summed E-state index contributed by atoms with van der Waals surface area (Å²) in [5.41, 5.74) is 7.57. The van der Waals surface area contributed by atoms with Gasteiger partial charge in [-0.05, 0) is 83.9 Å². The molecule has 0 spiro atoms. The van der Waals surface area contributed by atoms with E-state index in [0.29, 0.717) is 0 Å². The predicted molar refractivity (Wildman–Crippen MR) is 221 cm³/mol. The second-order valence-electron chi connectivity index (χ2n) is 13.2. The summed E-state index contributed by atoms with van der Waals surface area (Å²) in [6.45, 7) is 0. The first-order chi connectivity index (χ1) is 24.8. The van der Waals surface area contributed by atoms with Crippen molar-refractivity contribution in [3.05, 3.63) is 170 Å². The lowest BCUT2D eigenvalue weighted by Gasteiger charge is -2.18. The maximum Gasteiger partial charge on any atom is 0.0534 e. The first-order valence-corrected chi connectivity index (χ1v) is 18.7. The van der Waals surface area contributed by atoms with E-state index in [0.717, 1.165) is 0 Å². The quantitative estimate of drug-likeness (QED) is 0.164. The van der Waals surface area contributed by atoms with Gasteiger partial charge in [0, 0.05) is 30.9 Å². The van der Waals surface area contributed by atoms with Crippen LogP contribution in [0.4, 0.5) is 0 Å². The van der Waals surface area contributed by atoms with Crippen LogP contribution < -0.4 is 0 Å². The van der Waals surface area contributed by atoms with Gasteiger partial charge >= 0.3 is 0 Å². The molecule has 0 radical (unpaired) electrons. The molecule has 9 aromatic carbocycles. The third-order valence-electron chi connectivity index (χ3n) is 10.5. The Bertz CT molecular complexity index is 3070. The van der Waals surface area contributed by atoms with Crippen LogP contribution in [-0.2, 0) is 0 Å². The van der Waals surface area contributed by atoms with Crippen molar-refractivity contribution in [2.75, 3.05) is 0 Å². The van der Waals surface area contributed by atoms with Crippen molar-refractivity contribution in [3.63, 3.8) is 0 Å². The van der Waals surface area contributed by atoms with E-state index in [-0.39, 0.29) is 0 Å². The van der Waals surface area contributed by atoms with Crippen LogP contribution >= 0.6 is 22.7 Å². The number of hydrogen-bond donors (Lipinski definition) is 0. The third-order valence-corrected chi connectivity index (χ3v) is 13.0. The van der Waals surface area contributed by atoms with Gasteiger partial charge in [-0.2, -0.15) is 0 Å². The minimum absolute atomic E-state index is 1.24. The van der Waals surface area contributed by atoms with E-state index in [1.54, 1.807) is 0 Å². The summed E-state index contributed by atoms with van der Waals surface area (Å²) < 4.78 is 5.50. The lowest BCUT2D eigenvalue weighted by atomic mass is 9.86. The van der Waals surface area contributed by atoms with Crippen LogP contribution in [-0.4, -0.2) is 0 Å². The molecule has 0 aliphatic rings. The molecule has 0 fully saturated rings. The fraction of sp³-hybridized carbons (Fsp3) is 0. The summed E-state index contributed by atoms with van der Waals surface area (Å²) in [6, 6.07) is 62.9. The Morgan fingerprint density at radius 3 is 1.48 bits per heavy atom. The molecule has 0 N–H and O–H groups in total. The van der Waals surface area contributed by atoms with Gasteiger partial charge in [0.2, 0.25) is 0 Å². The van der Waals surface area contributed by atoms with E-state index in [1.807, 2.05) is 22.7 Å². The largest absolute Gasteiger partial charge is 0.134 e. The Kier molecular flexibility index (Phi) is 6.09. The summed E-state index contributed by atoms with van der Waals surface area (Å²) in [5, 5.41) is 13.2. The highest BCUT2D eigenvalue weighted by atomic mass is 32.1. The van der Waals surface area contributed by atoms with Gasteiger partial charge in [0.1, 0.15) is 0 Å². The molecule has 0 aliphatic heterocycles. The van der Waals surface area contributed by atoms with E-state index < -0.39 is 0 Å². The zero-order valence-electron chi connectivity index (χ0n) is 27.0. The second-order valence-corrected chi connectivity index (χ2v) is 15.3. The van der Waals surface area contributed by atoms with Crippen molar-refractivity contribution in [1.29, 1.82) is 0 Å². The number of thiophene rings is 2. The van der Waals surface area contributed by atoms with Crippen molar-refractivity contribution in [1.82, 2.24) is 0 Å². The summed E-state index contributed by atoms with van der Waals surface area (Å²) in [4.78, 5) is 0. The van der Waals surface area contributed by atoms with Crippen LogP contribution in [0.2, 0.25) is 0 Å². The number of hydrogen-bond acceptors (Lipinski definition) is 2. The molecule has 0 amide bonds. The summed E-state index contributed by atoms with van der Waals surface area (Å²) in [6.07, 6.45) is 0. The van der Waals surface area contributed by atoms with E-state index in [4.69, 9.17) is 0 Å². The van der Waals surface area contributed by atoms with Gasteiger partial charge in [0.05, 0.1) is 9.40 Å². The van der Waals surface area contributed by atoms with Crippen molar-refractivity contribution < 1.29 is 0 Å². The Hall–Kier alpha value is -5.80. The molecule has 11 rings (SSSR count). The van der Waals surface area contributed by atoms with Gasteiger partial charge in [-0.15, -0.1) is 22.7 Å². The van der Waals surface area contributed by atoms with Crippen LogP contribution in [0.15, 0.2) is 170 Å². The summed E-state index contributed by atoms with van der Waals surface area (Å²) in [7, 11) is 0. The molecule has 2 heterocycles. The second kappa shape index (κ2) is 10.9. The first kappa shape index (κ1) is 28.1. The van der Waals surface area contributed by atoms with Crippen LogP contribution in [0.3, 0.4) is 0 Å². The fourth-order valence-corrected chi connectivity index (χ4v) is 10.7. The van der Waals surface area contributed by atoms with E-state index >= 15 is 0 Å². The maximum absolute atomic E-state index is 2.40. The molecule has 11 aromatic rings. The molecule has 50 heavy (non-hydrogen) atoms. The molecule has 2 heteroatoms. The molecule has 0 unspecified atom stereocenters. The highest BCUT2D eigenvalue weighted by Crippen LogP contribution is 2.47. The molecular weight excluding hydrogens is 641 g/mol. The van der Waals surface area contributed by atoms with E-state index in [2.05, 4.69) is 170 Å². The molecule has 2 aromatic heterocycles. The lowest BCUT2D eigenvalue weighted by molar-refractivity contribution is 1.63. The first-order valence-electron chi connectivity index (χ1n) is 17.1. The van der Waals surface area contributed by atoms with Gasteiger partial charge in [-0.25, -0.2) is 0 Å². The molecule has 0 saturated carbocycles. The van der Waals surface area contributed by atoms with Crippen LogP contribution in [0.5, 0.6) is 0 Å². The van der Waals surface area contributed by atoms with Gasteiger partial charge < -0.3 is 0 Å². The molecule has 232 valence electrons. The minimum Gasteiger partial charge on any atom is -0.134 e. The fourth-order valence-electron chi connectivity index (χ4n) is 8.20. The van der Waals surface area contributed by atoms with E-state index in [1.165, 1.54) is 106 Å². The topological polar surface area (TPSA) is 0 Å².